The third kappa shape index (κ3) is 52.7. The molecule has 1 aliphatic rings. The van der Waals surface area contributed by atoms with E-state index in [0.717, 1.165) is 47.4 Å². The van der Waals surface area contributed by atoms with Gasteiger partial charge < -0.3 is 71.1 Å². The van der Waals surface area contributed by atoms with E-state index in [9.17, 15) is 13.5 Å². The Balaban J connectivity index is 0.00000153. The van der Waals surface area contributed by atoms with Crippen LogP contribution in [0.5, 0.6) is 51.7 Å². The molecule has 0 radical (unpaired) electrons. The zero-order valence-corrected chi connectivity index (χ0v) is 85.7. The first-order valence-corrected chi connectivity index (χ1v) is 47.6. The van der Waals surface area contributed by atoms with Gasteiger partial charge in [0.15, 0.2) is 0 Å². The first kappa shape index (κ1) is 116. The van der Waals surface area contributed by atoms with E-state index in [4.69, 9.17) is 85.8 Å². The van der Waals surface area contributed by atoms with Gasteiger partial charge in [0.1, 0.15) is 110 Å². The van der Waals surface area contributed by atoms with Crippen LogP contribution in [0.25, 0.3) is 26.4 Å². The summed E-state index contributed by atoms with van der Waals surface area (Å²) in [4.78, 5) is 4.40. The van der Waals surface area contributed by atoms with E-state index in [2.05, 4.69) is 227 Å². The predicted molar refractivity (Wildman–Crippen MR) is 513 cm³/mol. The summed E-state index contributed by atoms with van der Waals surface area (Å²) in [6.45, 7) is 48.2. The van der Waals surface area contributed by atoms with Crippen molar-refractivity contribution >= 4 is 29.6 Å². The van der Waals surface area contributed by atoms with Gasteiger partial charge in [-0.2, -0.15) is 8.42 Å². The monoisotopic (exact) mass is 1810 g/mol. The number of halogens is 1. The number of nitrogens with zero attached hydrogens (tertiary/aromatic N) is 6. The number of aromatic hydroxyl groups is 1. The number of azide groups is 1. The van der Waals surface area contributed by atoms with Gasteiger partial charge in [0.2, 0.25) is 0 Å². The number of nitrogens with two attached hydrogens (primary N) is 1. The smallest absolute Gasteiger partial charge is 1.00 e. The standard InChI is InChI=1S/C22H30O5S.C21H27N3O2.C21H29NO2.C21H28O3.C9H12O.C3H5ClO.C3H9P.N3.2Na.H/c1-16(2)18-6-10-20(11-7-18)25-14-22(27-28(5,23)24)15-26-21-12-8-19(9-13-21)17(3)4;1-15(2)17-5-9-20(10-6-17)25-13-19(23-24-22)14-26-21-11-7-18(8-12-21)16(3)4;2*1-15(2)17-5-9-20(10-6-17)23-13-19(22)14-24-21-11-7-18(8-12-21)16(3)4;1-7(2)8-3-5-9(10)6-4-8;4-1-3-2-5-3;1-4(2)3;1-3-2;;;/h6-13,16-17,22H,14-15H2,1-5H3;5-12,15-16,19H,13-14H2,1-4H3;5-12,15-16,19H,13-14,22H2,1-4H3;5-12,15-16,19,22H,13-14H2,1-4H3;3-7,10H,1-2H3;3H,1-2H2;1-3H3;;;;/q;;;;;;;-1;2*+1;-1. The minimum atomic E-state index is -3.63. The molecule has 4 N–H and O–H groups in total. The minimum Gasteiger partial charge on any atom is -1.00 e. The molecule has 0 saturated carbocycles. The molecule has 1 atom stereocenters. The summed E-state index contributed by atoms with van der Waals surface area (Å²) >= 11 is 5.27. The van der Waals surface area contributed by atoms with E-state index in [1.54, 1.807) is 12.1 Å². The molecule has 26 heteroatoms. The van der Waals surface area contributed by atoms with Gasteiger partial charge in [-0.15, -0.1) is 19.5 Å². The van der Waals surface area contributed by atoms with E-state index >= 15 is 0 Å². The van der Waals surface area contributed by atoms with Crippen molar-refractivity contribution < 1.29 is 126 Å². The first-order chi connectivity index (χ1) is 58.8. The van der Waals surface area contributed by atoms with Crippen molar-refractivity contribution in [2.75, 3.05) is 91.6 Å². The summed E-state index contributed by atoms with van der Waals surface area (Å²) in [5, 5.41) is 22.7. The Morgan fingerprint density at radius 3 is 0.746 bits per heavy atom. The number of aliphatic hydroxyl groups excluding tert-OH is 1. The summed E-state index contributed by atoms with van der Waals surface area (Å²) in [5.41, 5.74) is 39.7. The Bertz CT molecular complexity index is 4180. The van der Waals surface area contributed by atoms with Crippen LogP contribution < -0.4 is 103 Å². The number of aliphatic hydroxyl groups is 1. The van der Waals surface area contributed by atoms with Gasteiger partial charge in [-0.25, -0.2) is 0 Å². The Hall–Kier alpha value is -7.69. The SMILES string of the molecule is CC(C)c1ccc(O)cc1.CC(C)c1ccc(OCC(COc2ccc(C(C)C)cc2)N=[N+]=[N-])cc1.CC(C)c1ccc(OCC(COc2ccc(C(C)C)cc2)OS(C)(=O)=O)cc1.CC(C)c1ccc(OCC(N)COc2ccc(C(C)C)cc2)cc1.CC(C)c1ccc(OCC(O)COc2ccc(C(C)C)cc2)cc1.CP(C)C.ClCC1CO1.[H-].[N-]=[N+]=[N-].[Na+].[Na+]. The quantitative estimate of drug-likeness (QED) is 0.00476. The molecular formula is C100H141ClN7Na2O14PS. The summed E-state index contributed by atoms with van der Waals surface area (Å²) in [5.74, 6) is 11.5. The van der Waals surface area contributed by atoms with Crippen molar-refractivity contribution in [2.24, 2.45) is 10.8 Å². The van der Waals surface area contributed by atoms with Crippen molar-refractivity contribution in [2.45, 2.75) is 208 Å². The van der Waals surface area contributed by atoms with Crippen molar-refractivity contribution in [3.8, 4) is 51.7 Å². The van der Waals surface area contributed by atoms with Gasteiger partial charge in [0, 0.05) is 4.91 Å². The van der Waals surface area contributed by atoms with Crippen molar-refractivity contribution in [3.05, 3.63) is 295 Å². The zero-order valence-electron chi connectivity index (χ0n) is 80.2. The van der Waals surface area contributed by atoms with E-state index in [1.165, 1.54) is 55.0 Å². The molecule has 0 spiro atoms. The van der Waals surface area contributed by atoms with E-state index < -0.39 is 28.4 Å². The molecule has 0 aromatic heterocycles. The van der Waals surface area contributed by atoms with Crippen molar-refractivity contribution in [1.29, 1.82) is 0 Å². The van der Waals surface area contributed by atoms with Gasteiger partial charge in [-0.1, -0.05) is 239 Å². The second-order valence-corrected chi connectivity index (χ2v) is 37.9. The Labute approximate surface area is 806 Å². The number of epoxide rings is 1. The normalized spacial score (nSPS) is 11.8. The van der Waals surface area contributed by atoms with Gasteiger partial charge >= 0.3 is 59.1 Å². The Morgan fingerprint density at radius 1 is 0.397 bits per heavy atom. The second kappa shape index (κ2) is 65.0. The van der Waals surface area contributed by atoms with Crippen LogP contribution in [0, 0.1) is 0 Å². The van der Waals surface area contributed by atoms with Gasteiger partial charge in [0.05, 0.1) is 44.1 Å². The maximum atomic E-state index is 11.6. The van der Waals surface area contributed by atoms with Crippen LogP contribution in [-0.4, -0.2) is 141 Å². The molecule has 0 aliphatic carbocycles. The molecule has 1 saturated heterocycles. The molecule has 1 fully saturated rings. The molecule has 680 valence electrons. The zero-order chi connectivity index (χ0) is 92.3. The molecule has 1 unspecified atom stereocenters. The molecule has 21 nitrogen and oxygen atoms in total. The average Bonchev–Trinajstić information content (AvgIpc) is 1.74. The number of hydrogen-bond acceptors (Lipinski definition) is 16. The molecule has 10 rings (SSSR count). The number of benzene rings is 9. The van der Waals surface area contributed by atoms with Crippen LogP contribution in [0.2, 0.25) is 0 Å². The van der Waals surface area contributed by atoms with E-state index in [1.807, 2.05) is 133 Å². The number of phenolic OH excluding ortho intramolecular Hbond substituents is 1. The van der Waals surface area contributed by atoms with Crippen LogP contribution >= 0.6 is 19.5 Å². The molecule has 126 heavy (non-hydrogen) atoms. The number of rotatable bonds is 37. The minimum absolute atomic E-state index is 0. The number of alkyl halides is 1. The van der Waals surface area contributed by atoms with Crippen molar-refractivity contribution in [3.63, 3.8) is 0 Å². The van der Waals surface area contributed by atoms with Gasteiger partial charge in [0.25, 0.3) is 10.1 Å². The summed E-state index contributed by atoms with van der Waals surface area (Å²) < 4.78 is 78.6. The molecule has 9 aromatic rings. The topological polar surface area (TPSA) is 304 Å². The fraction of sp³-hybridized carbons (Fsp3) is 0.460. The van der Waals surface area contributed by atoms with Gasteiger partial charge in [-0.3, -0.25) is 9.09 Å². The molecule has 1 heterocycles. The third-order valence-electron chi connectivity index (χ3n) is 18.6. The van der Waals surface area contributed by atoms with Crippen molar-refractivity contribution in [1.82, 2.24) is 0 Å². The number of ether oxygens (including phenoxy) is 9. The molecule has 0 amide bonds. The summed E-state index contributed by atoms with van der Waals surface area (Å²) in [6.07, 6.45) is 0.00950. The van der Waals surface area contributed by atoms with Crippen LogP contribution in [0.4, 0.5) is 0 Å². The molecule has 9 aromatic carbocycles. The molecule has 1 aliphatic heterocycles. The van der Waals surface area contributed by atoms with Gasteiger partial charge in [-0.05, 0) is 238 Å². The Morgan fingerprint density at radius 2 is 0.579 bits per heavy atom. The molecular weight excluding hydrogens is 1670 g/mol. The maximum Gasteiger partial charge on any atom is 1.00 e. The second-order valence-electron chi connectivity index (χ2n) is 33.3. The largest absolute Gasteiger partial charge is 1.00 e. The fourth-order valence-corrected chi connectivity index (χ4v) is 11.6. The Kier molecular flexibility index (Phi) is 60.0. The third-order valence-corrected chi connectivity index (χ3v) is 19.6. The predicted octanol–water partition coefficient (Wildman–Crippen LogP) is 19.8. The number of phenols is 1. The van der Waals surface area contributed by atoms with E-state index in [0.29, 0.717) is 104 Å². The summed E-state index contributed by atoms with van der Waals surface area (Å²) in [6, 6.07) is 70.5. The van der Waals surface area contributed by atoms with Crippen LogP contribution in [0.15, 0.2) is 224 Å². The van der Waals surface area contributed by atoms with Crippen LogP contribution in [-0.2, 0) is 19.0 Å². The first-order valence-electron chi connectivity index (χ1n) is 42.6. The fourth-order valence-electron chi connectivity index (χ4n) is 10.8. The maximum absolute atomic E-state index is 11.6. The number of hydrogen-bond donors (Lipinski definition) is 3. The van der Waals surface area contributed by atoms with Crippen LogP contribution in [0.1, 0.15) is 229 Å². The summed E-state index contributed by atoms with van der Waals surface area (Å²) in [7, 11) is -3.25. The molecule has 0 bridgehead atoms. The average molecular weight is 1810 g/mol. The van der Waals surface area contributed by atoms with E-state index in [-0.39, 0.29) is 106 Å². The van der Waals surface area contributed by atoms with Crippen LogP contribution in [0.3, 0.4) is 0 Å².